The van der Waals surface area contributed by atoms with Gasteiger partial charge in [0.2, 0.25) is 0 Å². The largest absolute Gasteiger partial charge is 0.486 e. The van der Waals surface area contributed by atoms with Crippen LogP contribution in [-0.4, -0.2) is 19.1 Å². The van der Waals surface area contributed by atoms with E-state index in [4.69, 9.17) is 18.6 Å². The van der Waals surface area contributed by atoms with Gasteiger partial charge in [0.25, 0.3) is 5.91 Å². The molecule has 29 heavy (non-hydrogen) atoms. The summed E-state index contributed by atoms with van der Waals surface area (Å²) in [6, 6.07) is 16.4. The monoisotopic (exact) mass is 391 g/mol. The Morgan fingerprint density at radius 2 is 1.90 bits per heavy atom. The summed E-state index contributed by atoms with van der Waals surface area (Å²) in [4.78, 5) is 12.5. The number of amides is 1. The van der Waals surface area contributed by atoms with Crippen LogP contribution in [0.25, 0.3) is 0 Å². The van der Waals surface area contributed by atoms with E-state index in [1.54, 1.807) is 30.3 Å². The number of nitrogens with one attached hydrogen (secondary N) is 1. The molecule has 0 radical (unpaired) electrons. The number of rotatable bonds is 7. The molecule has 0 spiro atoms. The van der Waals surface area contributed by atoms with Crippen LogP contribution in [0.3, 0.4) is 0 Å². The van der Waals surface area contributed by atoms with Gasteiger partial charge in [-0.15, -0.1) is 6.58 Å². The molecule has 0 atom stereocenters. The topological polar surface area (TPSA) is 69.9 Å². The summed E-state index contributed by atoms with van der Waals surface area (Å²) in [6.07, 6.45) is 2.55. The lowest BCUT2D eigenvalue weighted by Crippen LogP contribution is -2.16. The van der Waals surface area contributed by atoms with Crippen molar-refractivity contribution >= 4 is 11.6 Å². The SMILES string of the molecule is C=CCc1ccccc1OCc1ccc(C(=O)Nc2ccc3c(c2)OCCO3)o1. The molecule has 4 rings (SSSR count). The van der Waals surface area contributed by atoms with Gasteiger partial charge in [0.05, 0.1) is 0 Å². The van der Waals surface area contributed by atoms with Gasteiger partial charge in [-0.2, -0.15) is 0 Å². The molecule has 1 aliphatic rings. The van der Waals surface area contributed by atoms with Crippen molar-refractivity contribution in [2.24, 2.45) is 0 Å². The molecule has 1 N–H and O–H groups in total. The van der Waals surface area contributed by atoms with Gasteiger partial charge in [-0.3, -0.25) is 4.79 Å². The highest BCUT2D eigenvalue weighted by atomic mass is 16.6. The van der Waals surface area contributed by atoms with Crippen LogP contribution in [-0.2, 0) is 13.0 Å². The summed E-state index contributed by atoms with van der Waals surface area (Å²) in [5.41, 5.74) is 1.65. The number of carbonyl (C=O) groups is 1. The van der Waals surface area contributed by atoms with E-state index in [1.165, 1.54) is 0 Å². The van der Waals surface area contributed by atoms with Gasteiger partial charge >= 0.3 is 0 Å². The molecule has 0 saturated heterocycles. The summed E-state index contributed by atoms with van der Waals surface area (Å²) in [7, 11) is 0. The summed E-state index contributed by atoms with van der Waals surface area (Å²) >= 11 is 0. The molecule has 1 amide bonds. The van der Waals surface area contributed by atoms with Crippen LogP contribution in [0.4, 0.5) is 5.69 Å². The zero-order chi connectivity index (χ0) is 20.1. The van der Waals surface area contributed by atoms with Crippen molar-refractivity contribution < 1.29 is 23.4 Å². The van der Waals surface area contributed by atoms with Crippen molar-refractivity contribution in [2.45, 2.75) is 13.0 Å². The molecule has 0 saturated carbocycles. The maximum atomic E-state index is 12.5. The van der Waals surface area contributed by atoms with Crippen molar-refractivity contribution in [1.82, 2.24) is 0 Å². The van der Waals surface area contributed by atoms with Crippen LogP contribution >= 0.6 is 0 Å². The van der Waals surface area contributed by atoms with E-state index in [1.807, 2.05) is 30.3 Å². The van der Waals surface area contributed by atoms with Crippen molar-refractivity contribution in [1.29, 1.82) is 0 Å². The average Bonchev–Trinajstić information content (AvgIpc) is 3.22. The molecule has 1 aromatic heterocycles. The van der Waals surface area contributed by atoms with Gasteiger partial charge in [-0.05, 0) is 42.3 Å². The number of para-hydroxylation sites is 1. The molecule has 6 heteroatoms. The fourth-order valence-electron chi connectivity index (χ4n) is 3.01. The number of furan rings is 1. The maximum absolute atomic E-state index is 12.5. The fourth-order valence-corrected chi connectivity index (χ4v) is 3.01. The quantitative estimate of drug-likeness (QED) is 0.596. The minimum absolute atomic E-state index is 0.206. The number of benzene rings is 2. The predicted octanol–water partition coefficient (Wildman–Crippen LogP) is 4.61. The molecule has 2 heterocycles. The van der Waals surface area contributed by atoms with Crippen LogP contribution in [0.2, 0.25) is 0 Å². The lowest BCUT2D eigenvalue weighted by atomic mass is 10.1. The Hall–Kier alpha value is -3.67. The number of allylic oxidation sites excluding steroid dienone is 1. The summed E-state index contributed by atoms with van der Waals surface area (Å²) in [5, 5.41) is 2.80. The van der Waals surface area contributed by atoms with Gasteiger partial charge < -0.3 is 23.9 Å². The van der Waals surface area contributed by atoms with Crippen molar-refractivity contribution in [3.05, 3.63) is 84.3 Å². The Morgan fingerprint density at radius 1 is 1.07 bits per heavy atom. The fraction of sp³-hybridized carbons (Fsp3) is 0.174. The van der Waals surface area contributed by atoms with Crippen molar-refractivity contribution in [2.75, 3.05) is 18.5 Å². The number of ether oxygens (including phenoxy) is 3. The number of hydrogen-bond acceptors (Lipinski definition) is 5. The van der Waals surface area contributed by atoms with Gasteiger partial charge in [-0.25, -0.2) is 0 Å². The summed E-state index contributed by atoms with van der Waals surface area (Å²) in [5.74, 6) is 2.47. The van der Waals surface area contributed by atoms with Crippen LogP contribution < -0.4 is 19.5 Å². The van der Waals surface area contributed by atoms with E-state index in [2.05, 4.69) is 11.9 Å². The number of fused-ring (bicyclic) bond motifs is 1. The third-order valence-electron chi connectivity index (χ3n) is 4.39. The lowest BCUT2D eigenvalue weighted by molar-refractivity contribution is 0.0992. The van der Waals surface area contributed by atoms with E-state index in [0.717, 1.165) is 17.7 Å². The Labute approximate surface area is 168 Å². The number of hydrogen-bond donors (Lipinski definition) is 1. The average molecular weight is 391 g/mol. The highest BCUT2D eigenvalue weighted by molar-refractivity contribution is 6.02. The molecule has 2 aromatic carbocycles. The third kappa shape index (κ3) is 4.43. The van der Waals surface area contributed by atoms with E-state index in [-0.39, 0.29) is 18.3 Å². The second-order valence-electron chi connectivity index (χ2n) is 6.47. The molecule has 0 fully saturated rings. The van der Waals surface area contributed by atoms with Gasteiger partial charge in [0.1, 0.15) is 31.3 Å². The first-order chi connectivity index (χ1) is 14.2. The molecule has 3 aromatic rings. The normalized spacial score (nSPS) is 12.3. The van der Waals surface area contributed by atoms with Crippen molar-refractivity contribution in [3.8, 4) is 17.2 Å². The smallest absolute Gasteiger partial charge is 0.291 e. The standard InChI is InChI=1S/C23H21NO5/c1-2-5-16-6-3-4-7-19(16)28-15-18-9-11-21(29-18)23(25)24-17-8-10-20-22(14-17)27-13-12-26-20/h2-4,6-11,14H,1,5,12-13,15H2,(H,24,25). The molecule has 148 valence electrons. The predicted molar refractivity (Wildman–Crippen MR) is 109 cm³/mol. The highest BCUT2D eigenvalue weighted by Crippen LogP contribution is 2.32. The molecule has 0 bridgehead atoms. The van der Waals surface area contributed by atoms with Crippen LogP contribution in [0.15, 0.2) is 71.7 Å². The Balaban J connectivity index is 1.38. The maximum Gasteiger partial charge on any atom is 0.291 e. The second kappa shape index (κ2) is 8.56. The van der Waals surface area contributed by atoms with Gasteiger partial charge in [0, 0.05) is 11.8 Å². The first kappa shape index (κ1) is 18.7. The molecular formula is C23H21NO5. The zero-order valence-electron chi connectivity index (χ0n) is 15.9. The van der Waals surface area contributed by atoms with Gasteiger partial charge in [-0.1, -0.05) is 24.3 Å². The molecular weight excluding hydrogens is 370 g/mol. The molecule has 1 aliphatic heterocycles. The minimum Gasteiger partial charge on any atom is -0.486 e. The Kier molecular flexibility index (Phi) is 5.52. The molecule has 0 unspecified atom stereocenters. The Morgan fingerprint density at radius 3 is 2.76 bits per heavy atom. The number of carbonyl (C=O) groups excluding carboxylic acids is 1. The van der Waals surface area contributed by atoms with E-state index in [9.17, 15) is 4.79 Å². The molecule has 6 nitrogen and oxygen atoms in total. The first-order valence-corrected chi connectivity index (χ1v) is 9.34. The molecule has 0 aliphatic carbocycles. The summed E-state index contributed by atoms with van der Waals surface area (Å²) in [6.45, 7) is 5.00. The van der Waals surface area contributed by atoms with Crippen LogP contribution in [0.1, 0.15) is 21.9 Å². The summed E-state index contributed by atoms with van der Waals surface area (Å²) < 4.78 is 22.5. The van der Waals surface area contributed by atoms with Gasteiger partial charge in [0.15, 0.2) is 17.3 Å². The zero-order valence-corrected chi connectivity index (χ0v) is 15.9. The second-order valence-corrected chi connectivity index (χ2v) is 6.47. The Bertz CT molecular complexity index is 1020. The lowest BCUT2D eigenvalue weighted by Gasteiger charge is -2.18. The van der Waals surface area contributed by atoms with Crippen LogP contribution in [0.5, 0.6) is 17.2 Å². The minimum atomic E-state index is -0.347. The van der Waals surface area contributed by atoms with E-state index < -0.39 is 0 Å². The third-order valence-corrected chi connectivity index (χ3v) is 4.39. The van der Waals surface area contributed by atoms with Crippen LogP contribution in [0, 0.1) is 0 Å². The van der Waals surface area contributed by atoms with E-state index in [0.29, 0.717) is 36.2 Å². The van der Waals surface area contributed by atoms with E-state index >= 15 is 0 Å². The highest BCUT2D eigenvalue weighted by Gasteiger charge is 2.15. The van der Waals surface area contributed by atoms with Crippen molar-refractivity contribution in [3.63, 3.8) is 0 Å². The number of anilines is 1. The first-order valence-electron chi connectivity index (χ1n) is 9.34.